The number of benzene rings is 2. The van der Waals surface area contributed by atoms with Gasteiger partial charge in [-0.3, -0.25) is 14.4 Å². The number of aromatic nitrogens is 3. The first-order valence-electron chi connectivity index (χ1n) is 10.2. The quantitative estimate of drug-likeness (QED) is 0.378. The van der Waals surface area contributed by atoms with E-state index >= 15 is 0 Å². The topological polar surface area (TPSA) is 94.5 Å². The first-order chi connectivity index (χ1) is 16.0. The number of furan rings is 1. The summed E-state index contributed by atoms with van der Waals surface area (Å²) in [4.78, 5) is 41.0. The van der Waals surface area contributed by atoms with Crippen molar-refractivity contribution in [3.8, 4) is 11.3 Å². The van der Waals surface area contributed by atoms with Crippen LogP contribution in [0.15, 0.2) is 80.7 Å². The van der Waals surface area contributed by atoms with Gasteiger partial charge in [-0.05, 0) is 24.6 Å². The minimum atomic E-state index is -0.444. The molecule has 0 N–H and O–H groups in total. The predicted octanol–water partition coefficient (Wildman–Crippen LogP) is 3.11. The lowest BCUT2D eigenvalue weighted by molar-refractivity contribution is 0.101. The van der Waals surface area contributed by atoms with Crippen molar-refractivity contribution in [2.24, 2.45) is 0 Å². The van der Waals surface area contributed by atoms with Gasteiger partial charge in [0.05, 0.1) is 0 Å². The Morgan fingerprint density at radius 1 is 1.03 bits per heavy atom. The number of Topliss-reactive ketones (excluding diaryl/α,β-unsaturated/α-hetero) is 1. The van der Waals surface area contributed by atoms with Gasteiger partial charge in [0.15, 0.2) is 5.78 Å². The van der Waals surface area contributed by atoms with Gasteiger partial charge in [-0.2, -0.15) is 14.6 Å². The molecule has 7 nitrogen and oxygen atoms in total. The molecule has 5 aromatic rings. The molecule has 0 amide bonds. The van der Waals surface area contributed by atoms with Gasteiger partial charge >= 0.3 is 0 Å². The molecule has 3 heterocycles. The van der Waals surface area contributed by atoms with Crippen molar-refractivity contribution in [2.45, 2.75) is 13.3 Å². The van der Waals surface area contributed by atoms with Crippen molar-refractivity contribution in [2.75, 3.05) is 0 Å². The summed E-state index contributed by atoms with van der Waals surface area (Å²) in [7, 11) is 0. The Morgan fingerprint density at radius 2 is 1.79 bits per heavy atom. The molecular formula is C25H17N3O4S. The Labute approximate surface area is 191 Å². The molecular weight excluding hydrogens is 438 g/mol. The Morgan fingerprint density at radius 3 is 2.52 bits per heavy atom. The highest BCUT2D eigenvalue weighted by atomic mass is 32.1. The summed E-state index contributed by atoms with van der Waals surface area (Å²) < 4.78 is 7.39. The number of ketones is 1. The number of carbonyl (C=O) groups excluding carboxylic acids is 1. The van der Waals surface area contributed by atoms with Crippen LogP contribution in [0.4, 0.5) is 0 Å². The molecule has 0 aliphatic carbocycles. The van der Waals surface area contributed by atoms with Gasteiger partial charge < -0.3 is 4.42 Å². The van der Waals surface area contributed by atoms with Crippen LogP contribution >= 0.6 is 11.3 Å². The van der Waals surface area contributed by atoms with Gasteiger partial charge in [-0.25, -0.2) is 0 Å². The van der Waals surface area contributed by atoms with Gasteiger partial charge in [0.1, 0.15) is 21.7 Å². The summed E-state index contributed by atoms with van der Waals surface area (Å²) in [6.07, 6.45) is 1.91. The van der Waals surface area contributed by atoms with Crippen LogP contribution in [0.5, 0.6) is 0 Å². The van der Waals surface area contributed by atoms with E-state index in [0.29, 0.717) is 28.0 Å². The van der Waals surface area contributed by atoms with E-state index in [4.69, 9.17) is 4.42 Å². The van der Waals surface area contributed by atoms with E-state index in [1.807, 2.05) is 42.5 Å². The third kappa shape index (κ3) is 4.16. The van der Waals surface area contributed by atoms with Crippen molar-refractivity contribution in [1.29, 1.82) is 0 Å². The van der Waals surface area contributed by atoms with E-state index in [-0.39, 0.29) is 22.0 Å². The zero-order chi connectivity index (χ0) is 22.9. The summed E-state index contributed by atoms with van der Waals surface area (Å²) in [6, 6.07) is 20.1. The number of fused-ring (bicyclic) bond motifs is 1. The highest BCUT2D eigenvalue weighted by Gasteiger charge is 2.12. The molecule has 0 aliphatic heterocycles. The summed E-state index contributed by atoms with van der Waals surface area (Å²) >= 11 is 1.08. The van der Waals surface area contributed by atoms with Crippen molar-refractivity contribution < 1.29 is 9.21 Å². The fourth-order valence-corrected chi connectivity index (χ4v) is 4.31. The lowest BCUT2D eigenvalue weighted by atomic mass is 10.1. The van der Waals surface area contributed by atoms with Crippen LogP contribution in [0.25, 0.3) is 22.4 Å². The third-order valence-electron chi connectivity index (χ3n) is 5.14. The number of nitrogens with zero attached hydrogens (tertiary/aromatic N) is 3. The number of thiazole rings is 1. The molecule has 0 bridgehead atoms. The molecule has 162 valence electrons. The van der Waals surface area contributed by atoms with E-state index in [1.165, 1.54) is 11.4 Å². The number of hydrogen-bond acceptors (Lipinski definition) is 7. The Balaban J connectivity index is 1.49. The van der Waals surface area contributed by atoms with Gasteiger partial charge in [-0.1, -0.05) is 65.9 Å². The van der Waals surface area contributed by atoms with Gasteiger partial charge in [0.25, 0.3) is 11.1 Å². The van der Waals surface area contributed by atoms with E-state index in [9.17, 15) is 14.4 Å². The second-order valence-electron chi connectivity index (χ2n) is 7.47. The molecule has 2 aromatic carbocycles. The molecule has 0 fully saturated rings. The second kappa shape index (κ2) is 8.40. The Bertz CT molecular complexity index is 1650. The van der Waals surface area contributed by atoms with E-state index in [1.54, 1.807) is 30.3 Å². The first kappa shape index (κ1) is 20.7. The van der Waals surface area contributed by atoms with Gasteiger partial charge in [0, 0.05) is 23.6 Å². The molecule has 0 atom stereocenters. The lowest BCUT2D eigenvalue weighted by Gasteiger charge is -1.99. The smallest absolute Gasteiger partial charge is 0.296 e. The van der Waals surface area contributed by atoms with Crippen LogP contribution in [0.1, 0.15) is 34.3 Å². The summed E-state index contributed by atoms with van der Waals surface area (Å²) in [5.74, 6) is 1.09. The third-order valence-corrected chi connectivity index (χ3v) is 6.10. The highest BCUT2D eigenvalue weighted by Crippen LogP contribution is 2.23. The molecule has 8 heteroatoms. The Hall–Kier alpha value is -4.17. The minimum Gasteiger partial charge on any atom is -0.457 e. The molecule has 0 spiro atoms. The van der Waals surface area contributed by atoms with Crippen LogP contribution in [0, 0.1) is 0 Å². The van der Waals surface area contributed by atoms with Crippen molar-refractivity contribution in [3.05, 3.63) is 115 Å². The molecule has 3 aromatic heterocycles. The fourth-order valence-electron chi connectivity index (χ4n) is 3.43. The van der Waals surface area contributed by atoms with Crippen molar-refractivity contribution >= 4 is 28.2 Å². The van der Waals surface area contributed by atoms with E-state index < -0.39 is 5.56 Å². The van der Waals surface area contributed by atoms with Crippen molar-refractivity contribution in [1.82, 2.24) is 14.6 Å². The van der Waals surface area contributed by atoms with Crippen LogP contribution in [0.2, 0.25) is 0 Å². The van der Waals surface area contributed by atoms with Gasteiger partial charge in [0.2, 0.25) is 4.96 Å². The van der Waals surface area contributed by atoms with Crippen LogP contribution in [-0.4, -0.2) is 20.4 Å². The monoisotopic (exact) mass is 455 g/mol. The first-order valence-corrected chi connectivity index (χ1v) is 11.0. The molecule has 5 rings (SSSR count). The molecule has 33 heavy (non-hydrogen) atoms. The maximum absolute atomic E-state index is 12.9. The van der Waals surface area contributed by atoms with E-state index in [0.717, 1.165) is 22.5 Å². The standard InChI is InChI=1S/C25H17N3O4S/c1-15(29)17-7-9-18(10-8-17)21-12-11-19(32-21)14-22-24(31)28-25(33-22)26-23(30)20(27-28)13-16-5-3-2-4-6-16/h2-12,14H,13H2,1H3/b22-14-. The van der Waals surface area contributed by atoms with E-state index in [2.05, 4.69) is 10.1 Å². The van der Waals surface area contributed by atoms with Crippen molar-refractivity contribution in [3.63, 3.8) is 0 Å². The summed E-state index contributed by atoms with van der Waals surface area (Å²) in [5, 5.41) is 4.27. The van der Waals surface area contributed by atoms with Crippen LogP contribution in [0.3, 0.4) is 0 Å². The highest BCUT2D eigenvalue weighted by molar-refractivity contribution is 7.15. The molecule has 0 aliphatic rings. The van der Waals surface area contributed by atoms with Gasteiger partial charge in [-0.15, -0.1) is 0 Å². The number of rotatable bonds is 5. The largest absolute Gasteiger partial charge is 0.457 e. The molecule has 0 unspecified atom stereocenters. The molecule has 0 saturated heterocycles. The average Bonchev–Trinajstić information content (AvgIpc) is 3.40. The van der Waals surface area contributed by atoms with Crippen LogP contribution in [-0.2, 0) is 6.42 Å². The fraction of sp³-hybridized carbons (Fsp3) is 0.0800. The Kier molecular flexibility index (Phi) is 5.27. The number of hydrogen-bond donors (Lipinski definition) is 0. The maximum Gasteiger partial charge on any atom is 0.296 e. The maximum atomic E-state index is 12.9. The normalized spacial score (nSPS) is 11.8. The van der Waals surface area contributed by atoms with Crippen LogP contribution < -0.4 is 15.7 Å². The lowest BCUT2D eigenvalue weighted by Crippen LogP contribution is -2.28. The summed E-state index contributed by atoms with van der Waals surface area (Å²) in [5.41, 5.74) is 1.77. The zero-order valence-corrected chi connectivity index (χ0v) is 18.3. The summed E-state index contributed by atoms with van der Waals surface area (Å²) in [6.45, 7) is 1.52. The predicted molar refractivity (Wildman–Crippen MR) is 126 cm³/mol. The zero-order valence-electron chi connectivity index (χ0n) is 17.5. The average molecular weight is 455 g/mol. The second-order valence-corrected chi connectivity index (χ2v) is 8.48. The minimum absolute atomic E-state index is 0.00404. The number of carbonyl (C=O) groups is 1. The molecule has 0 saturated carbocycles. The SMILES string of the molecule is CC(=O)c1ccc(-c2ccc(/C=c3\sc4nc(=O)c(Cc5ccccc5)nn4c3=O)o2)cc1. The molecule has 0 radical (unpaired) electrons.